The van der Waals surface area contributed by atoms with Gasteiger partial charge in [0.2, 0.25) is 0 Å². The van der Waals surface area contributed by atoms with Gasteiger partial charge in [0.05, 0.1) is 6.10 Å². The van der Waals surface area contributed by atoms with Crippen LogP contribution in [0.3, 0.4) is 0 Å². The van der Waals surface area contributed by atoms with E-state index in [0.717, 1.165) is 6.29 Å². The molecule has 134 valence electrons. The molecular weight excluding hydrogens is 328 g/mol. The van der Waals surface area contributed by atoms with Crippen LogP contribution in [0.5, 0.6) is 0 Å². The molecule has 0 spiro atoms. The van der Waals surface area contributed by atoms with Gasteiger partial charge >= 0.3 is 5.69 Å². The highest BCUT2D eigenvalue weighted by Gasteiger charge is 2.49. The molecular formula is C16H26N2O5Si. The summed E-state index contributed by atoms with van der Waals surface area (Å²) >= 11 is 0. The number of rotatable bonds is 4. The first-order chi connectivity index (χ1) is 11.0. The number of carbonyl (C=O) groups is 1. The van der Waals surface area contributed by atoms with Gasteiger partial charge in [-0.3, -0.25) is 14.3 Å². The Morgan fingerprint density at radius 2 is 1.96 bits per heavy atom. The van der Waals surface area contributed by atoms with E-state index in [4.69, 9.17) is 9.16 Å². The van der Waals surface area contributed by atoms with E-state index >= 15 is 0 Å². The molecule has 0 saturated carbocycles. The third-order valence-electron chi connectivity index (χ3n) is 5.08. The Morgan fingerprint density at radius 3 is 2.46 bits per heavy atom. The molecule has 0 radical (unpaired) electrons. The van der Waals surface area contributed by atoms with Crippen LogP contribution < -0.4 is 11.2 Å². The number of aromatic amines is 1. The maximum absolute atomic E-state index is 12.0. The van der Waals surface area contributed by atoms with Crippen LogP contribution in [-0.2, 0) is 14.0 Å². The van der Waals surface area contributed by atoms with Crippen molar-refractivity contribution in [1.82, 2.24) is 9.55 Å². The van der Waals surface area contributed by atoms with Crippen molar-refractivity contribution < 1.29 is 14.0 Å². The molecule has 24 heavy (non-hydrogen) atoms. The minimum atomic E-state index is -2.11. The lowest BCUT2D eigenvalue weighted by Gasteiger charge is -2.39. The second-order valence-electron chi connectivity index (χ2n) is 7.85. The van der Waals surface area contributed by atoms with E-state index in [1.165, 1.54) is 16.8 Å². The number of carbonyl (C=O) groups excluding carboxylic acids is 1. The molecule has 7 nitrogen and oxygen atoms in total. The van der Waals surface area contributed by atoms with Crippen LogP contribution in [0.2, 0.25) is 18.1 Å². The van der Waals surface area contributed by atoms with Crippen LogP contribution in [0.4, 0.5) is 0 Å². The lowest BCUT2D eigenvalue weighted by atomic mass is 10.0. The van der Waals surface area contributed by atoms with E-state index in [-0.39, 0.29) is 11.0 Å². The molecule has 1 aromatic heterocycles. The predicted octanol–water partition coefficient (Wildman–Crippen LogP) is 1.66. The largest absolute Gasteiger partial charge is 0.410 e. The summed E-state index contributed by atoms with van der Waals surface area (Å²) in [6.07, 6.45) is 0.300. The Morgan fingerprint density at radius 1 is 1.33 bits per heavy atom. The molecule has 0 aliphatic carbocycles. The van der Waals surface area contributed by atoms with E-state index < -0.39 is 38.0 Å². The molecule has 0 amide bonds. The molecule has 8 heteroatoms. The van der Waals surface area contributed by atoms with Gasteiger partial charge in [-0.2, -0.15) is 0 Å². The average Bonchev–Trinajstić information content (AvgIpc) is 2.74. The Labute approximate surface area is 142 Å². The summed E-state index contributed by atoms with van der Waals surface area (Å²) < 4.78 is 13.5. The van der Waals surface area contributed by atoms with Crippen molar-refractivity contribution in [3.63, 3.8) is 0 Å². The molecule has 1 fully saturated rings. The van der Waals surface area contributed by atoms with Crippen LogP contribution in [-0.4, -0.2) is 36.4 Å². The van der Waals surface area contributed by atoms with Gasteiger partial charge < -0.3 is 14.0 Å². The second kappa shape index (κ2) is 6.42. The molecule has 0 unspecified atom stereocenters. The van der Waals surface area contributed by atoms with E-state index in [1.54, 1.807) is 0 Å². The SMILES string of the molecule is C[C@H]1[C@H](O[Si](C)(C)C(C)(C)C)[C@@H](C=O)O[C@H]1n1ccc(=O)[nH]c1=O. The minimum absolute atomic E-state index is 0.00688. The molecule has 2 rings (SSSR count). The minimum Gasteiger partial charge on any atom is -0.410 e. The van der Waals surface area contributed by atoms with Gasteiger partial charge in [0.15, 0.2) is 14.6 Å². The zero-order valence-electron chi connectivity index (χ0n) is 15.0. The molecule has 0 aromatic carbocycles. The van der Waals surface area contributed by atoms with Gasteiger partial charge in [-0.25, -0.2) is 4.79 Å². The van der Waals surface area contributed by atoms with Gasteiger partial charge in [-0.1, -0.05) is 27.7 Å². The maximum atomic E-state index is 12.0. The van der Waals surface area contributed by atoms with Gasteiger partial charge in [-0.05, 0) is 18.1 Å². The number of hydrogen-bond acceptors (Lipinski definition) is 5. The fourth-order valence-corrected chi connectivity index (χ4v) is 3.95. The lowest BCUT2D eigenvalue weighted by molar-refractivity contribution is -0.122. The Bertz CT molecular complexity index is 718. The zero-order valence-corrected chi connectivity index (χ0v) is 16.0. The van der Waals surface area contributed by atoms with Crippen LogP contribution >= 0.6 is 0 Å². The molecule has 4 atom stereocenters. The zero-order chi connectivity index (χ0) is 18.3. The van der Waals surface area contributed by atoms with Crippen molar-refractivity contribution in [3.8, 4) is 0 Å². The van der Waals surface area contributed by atoms with Crippen LogP contribution in [0, 0.1) is 5.92 Å². The number of nitrogens with zero attached hydrogens (tertiary/aromatic N) is 1. The molecule has 1 aliphatic rings. The van der Waals surface area contributed by atoms with E-state index in [1.807, 2.05) is 6.92 Å². The van der Waals surface area contributed by atoms with E-state index in [0.29, 0.717) is 0 Å². The monoisotopic (exact) mass is 354 g/mol. The number of H-pyrrole nitrogens is 1. The third kappa shape index (κ3) is 3.45. The Balaban J connectivity index is 2.33. The van der Waals surface area contributed by atoms with Gasteiger partial charge in [0.1, 0.15) is 12.3 Å². The van der Waals surface area contributed by atoms with Crippen LogP contribution in [0.25, 0.3) is 0 Å². The summed E-state index contributed by atoms with van der Waals surface area (Å²) in [6.45, 7) is 12.5. The van der Waals surface area contributed by atoms with Crippen molar-refractivity contribution in [2.45, 2.75) is 64.3 Å². The summed E-state index contributed by atoms with van der Waals surface area (Å²) in [4.78, 5) is 37.0. The number of ether oxygens (including phenoxy) is 1. The number of aromatic nitrogens is 2. The van der Waals surface area contributed by atoms with Crippen molar-refractivity contribution in [1.29, 1.82) is 0 Å². The van der Waals surface area contributed by atoms with Crippen LogP contribution in [0.1, 0.15) is 33.9 Å². The highest BCUT2D eigenvalue weighted by molar-refractivity contribution is 6.74. The van der Waals surface area contributed by atoms with Crippen molar-refractivity contribution in [2.75, 3.05) is 0 Å². The lowest BCUT2D eigenvalue weighted by Crippen LogP contribution is -2.47. The Hall–Kier alpha value is -1.51. The fraction of sp³-hybridized carbons (Fsp3) is 0.688. The van der Waals surface area contributed by atoms with E-state index in [9.17, 15) is 14.4 Å². The summed E-state index contributed by atoms with van der Waals surface area (Å²) in [5.41, 5.74) is -1.03. The number of aldehydes is 1. The molecule has 1 saturated heterocycles. The molecule has 2 heterocycles. The van der Waals surface area contributed by atoms with Crippen molar-refractivity contribution in [3.05, 3.63) is 33.1 Å². The third-order valence-corrected chi connectivity index (χ3v) is 9.56. The van der Waals surface area contributed by atoms with Crippen LogP contribution in [0.15, 0.2) is 21.9 Å². The smallest absolute Gasteiger partial charge is 0.330 e. The van der Waals surface area contributed by atoms with Gasteiger partial charge in [0, 0.05) is 18.2 Å². The van der Waals surface area contributed by atoms with Crippen molar-refractivity contribution >= 4 is 14.6 Å². The molecule has 1 N–H and O–H groups in total. The summed E-state index contributed by atoms with van der Waals surface area (Å²) in [5, 5.41) is -0.00688. The van der Waals surface area contributed by atoms with E-state index in [2.05, 4.69) is 38.8 Å². The maximum Gasteiger partial charge on any atom is 0.330 e. The highest BCUT2D eigenvalue weighted by Crippen LogP contribution is 2.42. The number of hydrogen-bond donors (Lipinski definition) is 1. The normalized spacial score (nSPS) is 28.1. The summed E-state index contributed by atoms with van der Waals surface area (Å²) in [7, 11) is -2.11. The summed E-state index contributed by atoms with van der Waals surface area (Å²) in [5.74, 6) is -0.210. The fourth-order valence-electron chi connectivity index (χ4n) is 2.57. The molecule has 1 aromatic rings. The van der Waals surface area contributed by atoms with Crippen molar-refractivity contribution in [2.24, 2.45) is 5.92 Å². The predicted molar refractivity (Wildman–Crippen MR) is 92.5 cm³/mol. The first-order valence-electron chi connectivity index (χ1n) is 8.08. The topological polar surface area (TPSA) is 90.4 Å². The second-order valence-corrected chi connectivity index (χ2v) is 12.6. The molecule has 0 bridgehead atoms. The first kappa shape index (κ1) is 18.8. The molecule has 1 aliphatic heterocycles. The highest BCUT2D eigenvalue weighted by atomic mass is 28.4. The quantitative estimate of drug-likeness (QED) is 0.656. The Kier molecular flexibility index (Phi) is 5.03. The average molecular weight is 354 g/mol. The standard InChI is InChI=1S/C16H26N2O5Si/c1-10-13(23-24(5,6)16(2,3)4)11(9-19)22-14(10)18-8-7-12(20)17-15(18)21/h7-11,13-14H,1-6H3,(H,17,20,21)/t10-,11+,13-,14+/m0/s1. The van der Waals surface area contributed by atoms with Gasteiger partial charge in [0.25, 0.3) is 5.56 Å². The van der Waals surface area contributed by atoms with Gasteiger partial charge in [-0.15, -0.1) is 0 Å². The number of nitrogens with one attached hydrogen (secondary N) is 1. The summed E-state index contributed by atoms with van der Waals surface area (Å²) in [6, 6.07) is 1.26. The first-order valence-corrected chi connectivity index (χ1v) is 11.0.